The zero-order valence-corrected chi connectivity index (χ0v) is 24.0. The van der Waals surface area contributed by atoms with Gasteiger partial charge in [-0.2, -0.15) is 13.2 Å². The molecule has 0 saturated carbocycles. The molecule has 0 unspecified atom stereocenters. The Morgan fingerprint density at radius 3 is 2.39 bits per heavy atom. The molecule has 0 spiro atoms. The number of nitrogens with one attached hydrogen (secondary N) is 4. The minimum atomic E-state index is -4.58. The Hall–Kier alpha value is -3.60. The lowest BCUT2D eigenvalue weighted by Gasteiger charge is -2.12. The topological polar surface area (TPSA) is 148 Å². The third kappa shape index (κ3) is 8.69. The van der Waals surface area contributed by atoms with Crippen molar-refractivity contribution in [3.05, 3.63) is 63.6 Å². The van der Waals surface area contributed by atoms with Gasteiger partial charge in [-0.15, -0.1) is 16.2 Å². The van der Waals surface area contributed by atoms with Gasteiger partial charge in [-0.3, -0.25) is 15.0 Å². The van der Waals surface area contributed by atoms with Gasteiger partial charge < -0.3 is 20.1 Å². The molecule has 1 aromatic carbocycles. The Morgan fingerprint density at radius 1 is 1.10 bits per heavy atom. The fraction of sp³-hybridized carbons (Fsp3) is 0.292. The number of halogens is 4. The minimum Gasteiger partial charge on any atom is -0.496 e. The summed E-state index contributed by atoms with van der Waals surface area (Å²) in [6.07, 6.45) is -3.85. The number of rotatable bonds is 13. The minimum absolute atomic E-state index is 0.0208. The first-order valence-electron chi connectivity index (χ1n) is 11.7. The van der Waals surface area contributed by atoms with Gasteiger partial charge in [-0.25, -0.2) is 13.4 Å². The number of hydrogen-bond acceptors (Lipinski definition) is 9. The van der Waals surface area contributed by atoms with Gasteiger partial charge in [-0.1, -0.05) is 17.7 Å². The molecule has 0 aliphatic heterocycles. The van der Waals surface area contributed by atoms with Crippen LogP contribution in [-0.4, -0.2) is 46.0 Å². The van der Waals surface area contributed by atoms with E-state index in [-0.39, 0.29) is 46.5 Å². The first-order valence-corrected chi connectivity index (χ1v) is 14.4. The zero-order valence-electron chi connectivity index (χ0n) is 21.6. The van der Waals surface area contributed by atoms with Crippen LogP contribution in [0.1, 0.15) is 33.6 Å². The highest BCUT2D eigenvalue weighted by Crippen LogP contribution is 2.32. The maximum atomic E-state index is 12.7. The highest BCUT2D eigenvalue weighted by molar-refractivity contribution is 7.91. The fourth-order valence-corrected chi connectivity index (χ4v) is 5.73. The SMILES string of the molecule is COc1cccc(OC)c1C(=O)NCc1ccc(S(=O)(=O)NNC(=O)CCCNc2ncc(C(F)(F)F)cc2Cl)s1. The molecule has 222 valence electrons. The van der Waals surface area contributed by atoms with E-state index >= 15 is 0 Å². The summed E-state index contributed by atoms with van der Waals surface area (Å²) in [5, 5.41) is 5.18. The molecule has 0 aliphatic rings. The number of aromatic nitrogens is 1. The molecule has 41 heavy (non-hydrogen) atoms. The number of carbonyl (C=O) groups is 2. The van der Waals surface area contributed by atoms with E-state index in [2.05, 4.69) is 21.0 Å². The van der Waals surface area contributed by atoms with Gasteiger partial charge >= 0.3 is 6.18 Å². The van der Waals surface area contributed by atoms with Crippen LogP contribution in [0.2, 0.25) is 5.02 Å². The average molecular weight is 636 g/mol. The summed E-state index contributed by atoms with van der Waals surface area (Å²) < 4.78 is 73.6. The second kappa shape index (κ2) is 13.8. The van der Waals surface area contributed by atoms with Gasteiger partial charge in [0.15, 0.2) is 0 Å². The first-order chi connectivity index (χ1) is 19.4. The van der Waals surface area contributed by atoms with E-state index in [0.717, 1.165) is 17.4 Å². The highest BCUT2D eigenvalue weighted by atomic mass is 35.5. The summed E-state index contributed by atoms with van der Waals surface area (Å²) in [6.45, 7) is 0.163. The van der Waals surface area contributed by atoms with E-state index in [1.165, 1.54) is 26.4 Å². The van der Waals surface area contributed by atoms with Gasteiger partial charge in [0.05, 0.1) is 31.4 Å². The number of thiophene rings is 1. The van der Waals surface area contributed by atoms with Crippen molar-refractivity contribution in [1.29, 1.82) is 0 Å². The first kappa shape index (κ1) is 31.9. The molecule has 0 saturated heterocycles. The second-order valence-corrected chi connectivity index (χ2v) is 11.7. The molecule has 0 aliphatic carbocycles. The van der Waals surface area contributed by atoms with E-state index in [1.54, 1.807) is 18.2 Å². The summed E-state index contributed by atoms with van der Waals surface area (Å²) in [6, 6.07) is 8.47. The lowest BCUT2D eigenvalue weighted by atomic mass is 10.1. The lowest BCUT2D eigenvalue weighted by molar-refractivity contribution is -0.137. The van der Waals surface area contributed by atoms with Crippen LogP contribution in [-0.2, 0) is 27.5 Å². The molecule has 4 N–H and O–H groups in total. The molecule has 2 aromatic heterocycles. The van der Waals surface area contributed by atoms with Crippen LogP contribution in [0.15, 0.2) is 46.8 Å². The van der Waals surface area contributed by atoms with Crippen molar-refractivity contribution in [1.82, 2.24) is 20.6 Å². The molecule has 3 rings (SSSR count). The number of pyridine rings is 1. The van der Waals surface area contributed by atoms with Gasteiger partial charge in [0.25, 0.3) is 15.9 Å². The number of ether oxygens (including phenoxy) is 2. The molecule has 0 bridgehead atoms. The van der Waals surface area contributed by atoms with Crippen molar-refractivity contribution in [2.75, 3.05) is 26.1 Å². The van der Waals surface area contributed by atoms with Crippen molar-refractivity contribution in [3.63, 3.8) is 0 Å². The van der Waals surface area contributed by atoms with Gasteiger partial charge in [-0.05, 0) is 36.8 Å². The smallest absolute Gasteiger partial charge is 0.417 e. The molecule has 3 aromatic rings. The number of benzene rings is 1. The van der Waals surface area contributed by atoms with Crippen LogP contribution in [0.25, 0.3) is 0 Å². The van der Waals surface area contributed by atoms with Gasteiger partial charge in [0.2, 0.25) is 5.91 Å². The number of amides is 2. The molecule has 0 fully saturated rings. The van der Waals surface area contributed by atoms with Crippen LogP contribution < -0.4 is 30.4 Å². The largest absolute Gasteiger partial charge is 0.496 e. The van der Waals surface area contributed by atoms with E-state index in [9.17, 15) is 31.2 Å². The average Bonchev–Trinajstić information content (AvgIpc) is 3.43. The predicted molar refractivity (Wildman–Crippen MR) is 145 cm³/mol. The van der Waals surface area contributed by atoms with Gasteiger partial charge in [0.1, 0.15) is 27.1 Å². The van der Waals surface area contributed by atoms with Crippen LogP contribution in [0.5, 0.6) is 11.5 Å². The van der Waals surface area contributed by atoms with E-state index in [0.29, 0.717) is 22.6 Å². The molecule has 2 heterocycles. The number of methoxy groups -OCH3 is 2. The van der Waals surface area contributed by atoms with Crippen molar-refractivity contribution in [2.24, 2.45) is 0 Å². The van der Waals surface area contributed by atoms with E-state index in [1.807, 2.05) is 4.83 Å². The summed E-state index contributed by atoms with van der Waals surface area (Å²) >= 11 is 6.71. The standard InChI is InChI=1S/C24H25ClF3N5O6S2/c1-38-17-5-3-6-18(39-2)21(17)23(35)31-13-15-8-9-20(40-15)41(36,37)33-32-19(34)7-4-10-29-22-16(25)11-14(12-30-22)24(26,27)28/h3,5-6,8-9,11-12,33H,4,7,10,13H2,1-2H3,(H,29,30)(H,31,35)(H,32,34). The molecule has 17 heteroatoms. The molecule has 0 radical (unpaired) electrons. The quantitative estimate of drug-likeness (QED) is 0.163. The summed E-state index contributed by atoms with van der Waals surface area (Å²) in [5.41, 5.74) is 1.30. The summed E-state index contributed by atoms with van der Waals surface area (Å²) in [7, 11) is -1.26. The van der Waals surface area contributed by atoms with Crippen LogP contribution in [0, 0.1) is 0 Å². The number of anilines is 1. The van der Waals surface area contributed by atoms with Crippen molar-refractivity contribution < 1.29 is 40.7 Å². The third-order valence-electron chi connectivity index (χ3n) is 5.35. The Bertz CT molecular complexity index is 1480. The Labute approximate surface area is 242 Å². The third-order valence-corrected chi connectivity index (χ3v) is 8.46. The van der Waals surface area contributed by atoms with E-state index < -0.39 is 33.6 Å². The summed E-state index contributed by atoms with van der Waals surface area (Å²) in [5.74, 6) is -0.475. The second-order valence-electron chi connectivity index (χ2n) is 8.18. The number of carbonyl (C=O) groups excluding carboxylic acids is 2. The highest BCUT2D eigenvalue weighted by Gasteiger charge is 2.31. The number of sulfonamides is 1. The number of hydrogen-bond donors (Lipinski definition) is 4. The predicted octanol–water partition coefficient (Wildman–Crippen LogP) is 3.96. The maximum Gasteiger partial charge on any atom is 0.417 e. The fourth-order valence-electron chi connectivity index (χ4n) is 3.34. The van der Waals surface area contributed by atoms with Crippen LogP contribution >= 0.6 is 22.9 Å². The molecular weight excluding hydrogens is 611 g/mol. The zero-order chi connectivity index (χ0) is 30.2. The monoisotopic (exact) mass is 635 g/mol. The number of nitrogens with zero attached hydrogens (tertiary/aromatic N) is 1. The Morgan fingerprint density at radius 2 is 1.78 bits per heavy atom. The Kier molecular flexibility index (Phi) is 10.8. The lowest BCUT2D eigenvalue weighted by Crippen LogP contribution is -2.41. The van der Waals surface area contributed by atoms with Crippen molar-refractivity contribution in [2.45, 2.75) is 29.8 Å². The molecule has 11 nitrogen and oxygen atoms in total. The van der Waals surface area contributed by atoms with Crippen LogP contribution in [0.3, 0.4) is 0 Å². The molecule has 2 amide bonds. The van der Waals surface area contributed by atoms with Gasteiger partial charge in [0, 0.05) is 24.0 Å². The van der Waals surface area contributed by atoms with Crippen molar-refractivity contribution in [3.8, 4) is 11.5 Å². The Balaban J connectivity index is 1.46. The number of alkyl halides is 3. The molecule has 0 atom stereocenters. The molecular formula is C24H25ClF3N5O6S2. The van der Waals surface area contributed by atoms with Crippen molar-refractivity contribution >= 4 is 50.6 Å². The maximum absolute atomic E-state index is 12.7. The number of hydrazine groups is 1. The normalized spacial score (nSPS) is 11.6. The van der Waals surface area contributed by atoms with E-state index in [4.69, 9.17) is 21.1 Å². The van der Waals surface area contributed by atoms with Crippen LogP contribution in [0.4, 0.5) is 19.0 Å². The summed E-state index contributed by atoms with van der Waals surface area (Å²) in [4.78, 5) is 31.0.